The molecule has 0 saturated heterocycles. The van der Waals surface area contributed by atoms with Gasteiger partial charge in [0.1, 0.15) is 22.2 Å². The quantitative estimate of drug-likeness (QED) is 0.127. The first kappa shape index (κ1) is 25.4. The normalized spacial score (nSPS) is 11.9. The summed E-state index contributed by atoms with van der Waals surface area (Å²) in [5.74, 6) is 0. The van der Waals surface area contributed by atoms with Gasteiger partial charge in [0.15, 0.2) is 5.13 Å². The molecule has 6 aromatic rings. The summed E-state index contributed by atoms with van der Waals surface area (Å²) in [6.45, 7) is 0. The van der Waals surface area contributed by atoms with Crippen LogP contribution in [0.2, 0.25) is 0 Å². The van der Waals surface area contributed by atoms with Gasteiger partial charge in [-0.1, -0.05) is 30.3 Å². The molecule has 0 saturated carbocycles. The third-order valence-electron chi connectivity index (χ3n) is 5.97. The van der Waals surface area contributed by atoms with E-state index < -0.39 is 15.6 Å². The second-order valence-electron chi connectivity index (χ2n) is 8.47. The van der Waals surface area contributed by atoms with Crippen molar-refractivity contribution < 1.29 is 12.8 Å². The topological polar surface area (TPSA) is 138 Å². The highest BCUT2D eigenvalue weighted by atomic mass is 32.2. The fourth-order valence-electron chi connectivity index (χ4n) is 4.05. The molecule has 12 heteroatoms. The number of benzene rings is 3. The minimum atomic E-state index is -3.77. The molecule has 0 aliphatic carbocycles. The van der Waals surface area contributed by atoms with E-state index in [0.29, 0.717) is 27.5 Å². The Bertz CT molecular complexity index is 2110. The summed E-state index contributed by atoms with van der Waals surface area (Å²) >= 11 is 2.40. The van der Waals surface area contributed by atoms with Gasteiger partial charge in [0.25, 0.3) is 10.0 Å². The summed E-state index contributed by atoms with van der Waals surface area (Å²) in [5, 5.41) is 19.6. The maximum absolute atomic E-state index is 12.8. The minimum Gasteiger partial charge on any atom is -0.422 e. The van der Waals surface area contributed by atoms with Gasteiger partial charge in [0.2, 0.25) is 0 Å². The van der Waals surface area contributed by atoms with Crippen LogP contribution in [-0.4, -0.2) is 18.4 Å². The van der Waals surface area contributed by atoms with E-state index in [9.17, 15) is 18.5 Å². The van der Waals surface area contributed by atoms with Crippen LogP contribution < -0.4 is 15.7 Å². The van der Waals surface area contributed by atoms with Crippen molar-refractivity contribution in [2.45, 2.75) is 4.90 Å². The highest BCUT2D eigenvalue weighted by Crippen LogP contribution is 2.30. The number of anilines is 2. The van der Waals surface area contributed by atoms with Crippen LogP contribution in [0.3, 0.4) is 0 Å². The number of nitrogens with zero attached hydrogens (tertiary/aromatic N) is 3. The molecule has 0 atom stereocenters. The van der Waals surface area contributed by atoms with Crippen LogP contribution in [0.1, 0.15) is 5.01 Å². The Labute approximate surface area is 235 Å². The predicted octanol–water partition coefficient (Wildman–Crippen LogP) is 6.30. The summed E-state index contributed by atoms with van der Waals surface area (Å²) in [7, 11) is -3.77. The third-order valence-corrected chi connectivity index (χ3v) is 9.02. The second kappa shape index (κ2) is 10.4. The Morgan fingerprint density at radius 3 is 2.62 bits per heavy atom. The Morgan fingerprint density at radius 2 is 1.85 bits per heavy atom. The fraction of sp³-hybridized carbons (Fsp3) is 0. The van der Waals surface area contributed by atoms with Crippen LogP contribution in [0.4, 0.5) is 10.8 Å². The lowest BCUT2D eigenvalue weighted by molar-refractivity contribution is 0.563. The molecular weight excluding hydrogens is 567 g/mol. The lowest BCUT2D eigenvalue weighted by Crippen LogP contribution is -2.12. The first-order valence-electron chi connectivity index (χ1n) is 11.7. The summed E-state index contributed by atoms with van der Waals surface area (Å²) in [6, 6.07) is 21.5. The van der Waals surface area contributed by atoms with Crippen molar-refractivity contribution in [1.29, 1.82) is 5.26 Å². The first-order valence-corrected chi connectivity index (χ1v) is 15.0. The number of nitriles is 1. The smallest absolute Gasteiger partial charge is 0.345 e. The van der Waals surface area contributed by atoms with Crippen LogP contribution in [0, 0.1) is 11.3 Å². The summed E-state index contributed by atoms with van der Waals surface area (Å²) in [6.07, 6.45) is 2.99. The SMILES string of the molecule is N#C/C(=C\Nc1ccc(S(=O)(=O)Nc2nccs2)cc1)c1nc(-c2cc3c(ccc4ccccc43)oc2=O)cs1. The Kier molecular flexibility index (Phi) is 6.61. The molecule has 6 rings (SSSR count). The largest absolute Gasteiger partial charge is 0.422 e. The lowest BCUT2D eigenvalue weighted by atomic mass is 10.0. The monoisotopic (exact) mass is 583 g/mol. The van der Waals surface area contributed by atoms with Crippen LogP contribution in [0.15, 0.2) is 104 Å². The summed E-state index contributed by atoms with van der Waals surface area (Å²) in [5.41, 5.74) is 1.50. The van der Waals surface area contributed by atoms with Crippen molar-refractivity contribution in [3.8, 4) is 17.3 Å². The molecule has 0 radical (unpaired) electrons. The minimum absolute atomic E-state index is 0.0734. The number of aromatic nitrogens is 2. The van der Waals surface area contributed by atoms with Crippen molar-refractivity contribution in [3.63, 3.8) is 0 Å². The zero-order chi connectivity index (χ0) is 27.7. The standard InChI is InChI=1S/C28H17N5O4S3/c29-14-18(15-31-19-6-8-20(9-7-19)40(35,36)33-28-30-11-12-38-28)26-32-24(16-39-26)23-13-22-21-4-2-1-3-17(21)5-10-25(22)37-27(23)34/h1-13,15-16,31H,(H,30,33)/b18-15+. The average Bonchev–Trinajstić information content (AvgIpc) is 3.66. The van der Waals surface area contributed by atoms with Crippen LogP contribution >= 0.6 is 22.7 Å². The molecule has 0 fully saturated rings. The number of thiazole rings is 2. The van der Waals surface area contributed by atoms with Crippen molar-refractivity contribution in [3.05, 3.63) is 105 Å². The maximum Gasteiger partial charge on any atom is 0.345 e. The van der Waals surface area contributed by atoms with Crippen molar-refractivity contribution in [2.75, 3.05) is 10.0 Å². The summed E-state index contributed by atoms with van der Waals surface area (Å²) in [4.78, 5) is 21.3. The van der Waals surface area contributed by atoms with Gasteiger partial charge < -0.3 is 9.73 Å². The van der Waals surface area contributed by atoms with Gasteiger partial charge in [0.05, 0.1) is 16.2 Å². The molecule has 3 aromatic carbocycles. The molecule has 0 aliphatic heterocycles. The van der Waals surface area contributed by atoms with Gasteiger partial charge in [-0.3, -0.25) is 4.72 Å². The molecule has 40 heavy (non-hydrogen) atoms. The molecule has 196 valence electrons. The van der Waals surface area contributed by atoms with Crippen LogP contribution in [0.25, 0.3) is 38.6 Å². The van der Waals surface area contributed by atoms with E-state index in [1.54, 1.807) is 35.0 Å². The van der Waals surface area contributed by atoms with E-state index in [1.807, 2.05) is 30.3 Å². The molecule has 2 N–H and O–H groups in total. The molecule has 0 aliphatic rings. The van der Waals surface area contributed by atoms with Gasteiger partial charge >= 0.3 is 5.63 Å². The Morgan fingerprint density at radius 1 is 1.02 bits per heavy atom. The highest BCUT2D eigenvalue weighted by Gasteiger charge is 2.16. The predicted molar refractivity (Wildman–Crippen MR) is 158 cm³/mol. The Balaban J connectivity index is 1.24. The first-order chi connectivity index (χ1) is 19.4. The molecule has 3 heterocycles. The maximum atomic E-state index is 12.8. The molecule has 0 spiro atoms. The van der Waals surface area contributed by atoms with Crippen LogP contribution in [0.5, 0.6) is 0 Å². The van der Waals surface area contributed by atoms with Crippen molar-refractivity contribution >= 4 is 70.8 Å². The Hall–Kier alpha value is -4.83. The molecule has 3 aromatic heterocycles. The highest BCUT2D eigenvalue weighted by molar-refractivity contribution is 7.93. The number of rotatable bonds is 7. The van der Waals surface area contributed by atoms with Gasteiger partial charge in [-0.25, -0.2) is 23.2 Å². The van der Waals surface area contributed by atoms with Gasteiger partial charge in [-0.05, 0) is 47.2 Å². The molecule has 0 bridgehead atoms. The molecule has 0 amide bonds. The van der Waals surface area contributed by atoms with Gasteiger partial charge in [0, 0.05) is 34.2 Å². The number of sulfonamides is 1. The third kappa shape index (κ3) is 4.96. The van der Waals surface area contributed by atoms with E-state index in [4.69, 9.17) is 4.42 Å². The van der Waals surface area contributed by atoms with Crippen molar-refractivity contribution in [1.82, 2.24) is 9.97 Å². The lowest BCUT2D eigenvalue weighted by Gasteiger charge is -2.06. The number of hydrogen-bond donors (Lipinski definition) is 2. The average molecular weight is 584 g/mol. The molecule has 0 unspecified atom stereocenters. The zero-order valence-corrected chi connectivity index (χ0v) is 22.8. The number of hydrogen-bond acceptors (Lipinski definition) is 10. The number of nitrogens with one attached hydrogen (secondary N) is 2. The number of allylic oxidation sites excluding steroid dienone is 1. The second-order valence-corrected chi connectivity index (χ2v) is 11.9. The fourth-order valence-corrected chi connectivity index (χ4v) is 6.62. The van der Waals surface area contributed by atoms with E-state index in [0.717, 1.165) is 16.2 Å². The number of fused-ring (bicyclic) bond motifs is 3. The van der Waals surface area contributed by atoms with Crippen LogP contribution in [-0.2, 0) is 10.0 Å². The van der Waals surface area contributed by atoms with E-state index in [2.05, 4.69) is 26.1 Å². The van der Waals surface area contributed by atoms with E-state index in [1.165, 1.54) is 47.2 Å². The van der Waals surface area contributed by atoms with Gasteiger partial charge in [-0.15, -0.1) is 22.7 Å². The molecular formula is C28H17N5O4S3. The van der Waals surface area contributed by atoms with Gasteiger partial charge in [-0.2, -0.15) is 5.26 Å². The summed E-state index contributed by atoms with van der Waals surface area (Å²) < 4.78 is 33.1. The van der Waals surface area contributed by atoms with E-state index in [-0.39, 0.29) is 15.6 Å². The molecule has 9 nitrogen and oxygen atoms in total. The van der Waals surface area contributed by atoms with E-state index >= 15 is 0 Å². The van der Waals surface area contributed by atoms with Crippen molar-refractivity contribution in [2.24, 2.45) is 0 Å². The zero-order valence-electron chi connectivity index (χ0n) is 20.4.